The summed E-state index contributed by atoms with van der Waals surface area (Å²) in [6.07, 6.45) is 1.08. The summed E-state index contributed by atoms with van der Waals surface area (Å²) in [5.41, 5.74) is 1.04. The summed E-state index contributed by atoms with van der Waals surface area (Å²) in [6.45, 7) is 6.13. The van der Waals surface area contributed by atoms with Gasteiger partial charge in [0.15, 0.2) is 0 Å². The number of hydrogen-bond acceptors (Lipinski definition) is 2. The van der Waals surface area contributed by atoms with E-state index in [1.165, 1.54) is 0 Å². The minimum Gasteiger partial charge on any atom is -0.238 e. The Hall–Kier alpha value is -0.630. The number of rotatable bonds is 2. The lowest BCUT2D eigenvalue weighted by atomic mass is 10.1. The number of halogens is 1. The van der Waals surface area contributed by atoms with E-state index in [0.717, 1.165) is 17.9 Å². The summed E-state index contributed by atoms with van der Waals surface area (Å²) in [7, 11) is 0. The van der Waals surface area contributed by atoms with Gasteiger partial charge in [0, 0.05) is 5.69 Å². The molecular formula is C9H13ClN2. The van der Waals surface area contributed by atoms with Crippen LogP contribution in [0.5, 0.6) is 0 Å². The van der Waals surface area contributed by atoms with Crippen molar-refractivity contribution in [3.05, 3.63) is 22.7 Å². The number of aromatic nitrogens is 2. The molecule has 1 rings (SSSR count). The standard InChI is InChI=1S/C9H13ClN2/c1-4-6(2)8-5-9(10)12-7(3)11-8/h5-6H,4H2,1-3H3/t6-/m1/s1. The second kappa shape index (κ2) is 3.85. The fraction of sp³-hybridized carbons (Fsp3) is 0.556. The first-order chi connectivity index (χ1) is 5.63. The highest BCUT2D eigenvalue weighted by atomic mass is 35.5. The van der Waals surface area contributed by atoms with Crippen LogP contribution in [-0.2, 0) is 0 Å². The van der Waals surface area contributed by atoms with Gasteiger partial charge in [-0.2, -0.15) is 0 Å². The Morgan fingerprint density at radius 3 is 2.67 bits per heavy atom. The van der Waals surface area contributed by atoms with Crippen molar-refractivity contribution in [2.24, 2.45) is 0 Å². The van der Waals surface area contributed by atoms with Crippen LogP contribution in [0.3, 0.4) is 0 Å². The van der Waals surface area contributed by atoms with E-state index in [-0.39, 0.29) is 0 Å². The first-order valence-electron chi connectivity index (χ1n) is 4.14. The minimum absolute atomic E-state index is 0.462. The summed E-state index contributed by atoms with van der Waals surface area (Å²) in [5.74, 6) is 1.21. The third kappa shape index (κ3) is 2.18. The molecule has 0 aliphatic rings. The van der Waals surface area contributed by atoms with Gasteiger partial charge >= 0.3 is 0 Å². The van der Waals surface area contributed by atoms with Crippen molar-refractivity contribution in [3.8, 4) is 0 Å². The average molecular weight is 185 g/mol. The van der Waals surface area contributed by atoms with Crippen molar-refractivity contribution < 1.29 is 0 Å². The highest BCUT2D eigenvalue weighted by molar-refractivity contribution is 6.29. The van der Waals surface area contributed by atoms with Gasteiger partial charge in [-0.3, -0.25) is 0 Å². The Kier molecular flexibility index (Phi) is 3.04. The molecule has 0 saturated carbocycles. The van der Waals surface area contributed by atoms with Crippen molar-refractivity contribution in [1.82, 2.24) is 9.97 Å². The summed E-state index contributed by atoms with van der Waals surface area (Å²) in [4.78, 5) is 8.31. The molecule has 3 heteroatoms. The molecule has 0 amide bonds. The van der Waals surface area contributed by atoms with Crippen LogP contribution in [0, 0.1) is 6.92 Å². The Morgan fingerprint density at radius 1 is 1.50 bits per heavy atom. The molecule has 1 atom stereocenters. The molecule has 0 N–H and O–H groups in total. The lowest BCUT2D eigenvalue weighted by Crippen LogP contribution is -1.99. The molecular weight excluding hydrogens is 172 g/mol. The summed E-state index contributed by atoms with van der Waals surface area (Å²) < 4.78 is 0. The van der Waals surface area contributed by atoms with E-state index < -0.39 is 0 Å². The summed E-state index contributed by atoms with van der Waals surface area (Å²) >= 11 is 5.80. The third-order valence-electron chi connectivity index (χ3n) is 1.94. The van der Waals surface area contributed by atoms with Crippen molar-refractivity contribution in [2.75, 3.05) is 0 Å². The molecule has 0 saturated heterocycles. The van der Waals surface area contributed by atoms with Gasteiger partial charge in [0.2, 0.25) is 0 Å². The molecule has 0 bridgehead atoms. The lowest BCUT2D eigenvalue weighted by molar-refractivity contribution is 0.699. The smallest absolute Gasteiger partial charge is 0.133 e. The third-order valence-corrected chi connectivity index (χ3v) is 2.14. The zero-order valence-corrected chi connectivity index (χ0v) is 8.39. The average Bonchev–Trinajstić information content (AvgIpc) is 2.01. The maximum absolute atomic E-state index is 5.80. The lowest BCUT2D eigenvalue weighted by Gasteiger charge is -2.07. The first kappa shape index (κ1) is 9.46. The Balaban J connectivity index is 3.00. The van der Waals surface area contributed by atoms with E-state index in [0.29, 0.717) is 11.1 Å². The van der Waals surface area contributed by atoms with E-state index in [1.54, 1.807) is 0 Å². The van der Waals surface area contributed by atoms with Crippen molar-refractivity contribution >= 4 is 11.6 Å². The Morgan fingerprint density at radius 2 is 2.17 bits per heavy atom. The Bertz CT molecular complexity index is 253. The van der Waals surface area contributed by atoms with Gasteiger partial charge in [0.25, 0.3) is 0 Å². The van der Waals surface area contributed by atoms with E-state index >= 15 is 0 Å². The van der Waals surface area contributed by atoms with E-state index in [2.05, 4.69) is 23.8 Å². The summed E-state index contributed by atoms with van der Waals surface area (Å²) in [5, 5.41) is 0.540. The second-order valence-electron chi connectivity index (χ2n) is 2.97. The predicted molar refractivity (Wildman–Crippen MR) is 50.5 cm³/mol. The largest absolute Gasteiger partial charge is 0.238 e. The van der Waals surface area contributed by atoms with Crippen molar-refractivity contribution in [1.29, 1.82) is 0 Å². The molecule has 12 heavy (non-hydrogen) atoms. The van der Waals surface area contributed by atoms with Crippen LogP contribution < -0.4 is 0 Å². The topological polar surface area (TPSA) is 25.8 Å². The van der Waals surface area contributed by atoms with Crippen molar-refractivity contribution in [3.63, 3.8) is 0 Å². The van der Waals surface area contributed by atoms with Crippen LogP contribution in [0.2, 0.25) is 5.15 Å². The fourth-order valence-electron chi connectivity index (χ4n) is 1.01. The monoisotopic (exact) mass is 184 g/mol. The molecule has 1 aromatic rings. The molecule has 0 aliphatic carbocycles. The van der Waals surface area contributed by atoms with Gasteiger partial charge in [0.05, 0.1) is 0 Å². The van der Waals surface area contributed by atoms with Crippen LogP contribution in [0.4, 0.5) is 0 Å². The minimum atomic E-state index is 0.462. The van der Waals surface area contributed by atoms with Gasteiger partial charge in [0.1, 0.15) is 11.0 Å². The maximum atomic E-state index is 5.80. The Labute approximate surface area is 78.0 Å². The van der Waals surface area contributed by atoms with E-state index in [4.69, 9.17) is 11.6 Å². The van der Waals surface area contributed by atoms with Gasteiger partial charge in [-0.25, -0.2) is 9.97 Å². The molecule has 0 fully saturated rings. The maximum Gasteiger partial charge on any atom is 0.133 e. The number of hydrogen-bond donors (Lipinski definition) is 0. The van der Waals surface area contributed by atoms with E-state index in [9.17, 15) is 0 Å². The highest BCUT2D eigenvalue weighted by Gasteiger charge is 2.06. The van der Waals surface area contributed by atoms with Gasteiger partial charge in [-0.15, -0.1) is 0 Å². The first-order valence-corrected chi connectivity index (χ1v) is 4.52. The second-order valence-corrected chi connectivity index (χ2v) is 3.36. The van der Waals surface area contributed by atoms with Gasteiger partial charge < -0.3 is 0 Å². The van der Waals surface area contributed by atoms with Crippen LogP contribution in [0.25, 0.3) is 0 Å². The molecule has 0 spiro atoms. The molecule has 0 radical (unpaired) electrons. The molecule has 1 heterocycles. The quantitative estimate of drug-likeness (QED) is 0.661. The normalized spacial score (nSPS) is 13.0. The molecule has 0 unspecified atom stereocenters. The highest BCUT2D eigenvalue weighted by Crippen LogP contribution is 2.18. The van der Waals surface area contributed by atoms with Gasteiger partial charge in [-0.1, -0.05) is 25.4 Å². The molecule has 66 valence electrons. The SMILES string of the molecule is CC[C@@H](C)c1cc(Cl)nc(C)n1. The van der Waals surface area contributed by atoms with Crippen LogP contribution in [0.15, 0.2) is 6.07 Å². The molecule has 0 aromatic carbocycles. The number of nitrogens with zero attached hydrogens (tertiary/aromatic N) is 2. The zero-order chi connectivity index (χ0) is 9.14. The zero-order valence-electron chi connectivity index (χ0n) is 7.63. The van der Waals surface area contributed by atoms with Gasteiger partial charge in [-0.05, 0) is 25.3 Å². The van der Waals surface area contributed by atoms with E-state index in [1.807, 2.05) is 13.0 Å². The fourth-order valence-corrected chi connectivity index (χ4v) is 1.25. The summed E-state index contributed by atoms with van der Waals surface area (Å²) in [6, 6.07) is 1.84. The van der Waals surface area contributed by atoms with Crippen LogP contribution in [-0.4, -0.2) is 9.97 Å². The molecule has 2 nitrogen and oxygen atoms in total. The molecule has 1 aromatic heterocycles. The van der Waals surface area contributed by atoms with Crippen LogP contribution >= 0.6 is 11.6 Å². The van der Waals surface area contributed by atoms with Crippen molar-refractivity contribution in [2.45, 2.75) is 33.1 Å². The van der Waals surface area contributed by atoms with Crippen LogP contribution in [0.1, 0.15) is 37.7 Å². The predicted octanol–water partition coefficient (Wildman–Crippen LogP) is 2.95. The molecule has 0 aliphatic heterocycles. The number of aryl methyl sites for hydroxylation is 1.